The van der Waals surface area contributed by atoms with Crippen LogP contribution in [0.3, 0.4) is 0 Å². The number of benzene rings is 2. The van der Waals surface area contributed by atoms with E-state index in [2.05, 4.69) is 26.6 Å². The highest BCUT2D eigenvalue weighted by Gasteiger charge is 2.11. The van der Waals surface area contributed by atoms with Crippen LogP contribution in [0.2, 0.25) is 5.02 Å². The number of hydrogen-bond acceptors (Lipinski definition) is 6. The van der Waals surface area contributed by atoms with E-state index >= 15 is 0 Å². The molecule has 2 aromatic carbocycles. The minimum absolute atomic E-state index is 0.0290. The normalized spacial score (nSPS) is 10.5. The Bertz CT molecular complexity index is 804. The van der Waals surface area contributed by atoms with Crippen molar-refractivity contribution in [1.29, 1.82) is 0 Å². The molecule has 0 saturated carbocycles. The lowest BCUT2D eigenvalue weighted by Gasteiger charge is -2.14. The first-order valence-electron chi connectivity index (χ1n) is 8.34. The predicted molar refractivity (Wildman–Crippen MR) is 110 cm³/mol. The lowest BCUT2D eigenvalue weighted by molar-refractivity contribution is -0.384. The molecular weight excluding hydrogens is 438 g/mol. The number of anilines is 1. The van der Waals surface area contributed by atoms with Crippen LogP contribution in [0.4, 0.5) is 11.4 Å². The quantitative estimate of drug-likeness (QED) is 0.307. The van der Waals surface area contributed by atoms with E-state index in [1.54, 1.807) is 13.2 Å². The van der Waals surface area contributed by atoms with E-state index in [0.29, 0.717) is 48.5 Å². The molecule has 0 aliphatic heterocycles. The molecule has 0 aliphatic rings. The fourth-order valence-electron chi connectivity index (χ4n) is 2.44. The van der Waals surface area contributed by atoms with E-state index in [0.717, 1.165) is 10.0 Å². The molecule has 0 bridgehead atoms. The predicted octanol–water partition coefficient (Wildman–Crippen LogP) is 4.62. The van der Waals surface area contributed by atoms with Crippen molar-refractivity contribution < 1.29 is 14.4 Å². The number of methoxy groups -OCH3 is 1. The summed E-state index contributed by atoms with van der Waals surface area (Å²) in [4.78, 5) is 10.3. The van der Waals surface area contributed by atoms with Gasteiger partial charge in [-0.05, 0) is 46.6 Å². The van der Waals surface area contributed by atoms with E-state index in [1.165, 1.54) is 12.1 Å². The Labute approximate surface area is 171 Å². The summed E-state index contributed by atoms with van der Waals surface area (Å²) in [7, 11) is 1.61. The van der Waals surface area contributed by atoms with Crippen molar-refractivity contribution in [1.82, 2.24) is 5.32 Å². The van der Waals surface area contributed by atoms with Crippen LogP contribution < -0.4 is 20.1 Å². The molecule has 9 heteroatoms. The smallest absolute Gasteiger partial charge is 0.271 e. The van der Waals surface area contributed by atoms with E-state index in [-0.39, 0.29) is 5.69 Å². The molecule has 2 aromatic rings. The first-order chi connectivity index (χ1) is 13.0. The molecular formula is C18H21BrClN3O4. The largest absolute Gasteiger partial charge is 0.493 e. The maximum absolute atomic E-state index is 10.7. The van der Waals surface area contributed by atoms with Gasteiger partial charge in [0.2, 0.25) is 0 Å². The van der Waals surface area contributed by atoms with Gasteiger partial charge in [-0.25, -0.2) is 0 Å². The van der Waals surface area contributed by atoms with Gasteiger partial charge >= 0.3 is 0 Å². The van der Waals surface area contributed by atoms with Crippen LogP contribution in [0, 0.1) is 10.1 Å². The van der Waals surface area contributed by atoms with Gasteiger partial charge in [-0.1, -0.05) is 11.6 Å². The van der Waals surface area contributed by atoms with Gasteiger partial charge in [-0.2, -0.15) is 0 Å². The Morgan fingerprint density at radius 2 is 2.04 bits per heavy atom. The van der Waals surface area contributed by atoms with E-state index in [4.69, 9.17) is 21.1 Å². The highest BCUT2D eigenvalue weighted by atomic mass is 79.9. The maximum atomic E-state index is 10.7. The SMILES string of the molecule is CCOc1c(Br)cc(CNCCNc2ccc([N+](=O)[O-])cc2Cl)cc1OC. The standard InChI is InChI=1S/C18H21BrClN3O4/c1-3-27-18-14(19)8-12(9-17(18)26-2)11-21-6-7-22-16-5-4-13(23(24)25)10-15(16)20/h4-5,8-10,21-22H,3,6-7,11H2,1-2H3. The van der Waals surface area contributed by atoms with Crippen LogP contribution >= 0.6 is 27.5 Å². The summed E-state index contributed by atoms with van der Waals surface area (Å²) >= 11 is 9.56. The van der Waals surface area contributed by atoms with Crippen molar-refractivity contribution in [2.24, 2.45) is 0 Å². The monoisotopic (exact) mass is 457 g/mol. The van der Waals surface area contributed by atoms with Gasteiger partial charge in [0, 0.05) is 31.8 Å². The third-order valence-electron chi connectivity index (χ3n) is 3.69. The van der Waals surface area contributed by atoms with Crippen LogP contribution in [0.1, 0.15) is 12.5 Å². The first kappa shape index (κ1) is 21.3. The van der Waals surface area contributed by atoms with Gasteiger partial charge in [-0.3, -0.25) is 10.1 Å². The molecule has 0 heterocycles. The van der Waals surface area contributed by atoms with Crippen molar-refractivity contribution >= 4 is 38.9 Å². The lowest BCUT2D eigenvalue weighted by Crippen LogP contribution is -2.22. The van der Waals surface area contributed by atoms with Gasteiger partial charge < -0.3 is 20.1 Å². The van der Waals surface area contributed by atoms with Gasteiger partial charge in [0.15, 0.2) is 11.5 Å². The fraction of sp³-hybridized carbons (Fsp3) is 0.333. The van der Waals surface area contributed by atoms with Gasteiger partial charge in [0.05, 0.1) is 33.8 Å². The minimum Gasteiger partial charge on any atom is -0.493 e. The summed E-state index contributed by atoms with van der Waals surface area (Å²) in [6.45, 7) is 4.43. The summed E-state index contributed by atoms with van der Waals surface area (Å²) in [6, 6.07) is 8.28. The lowest BCUT2D eigenvalue weighted by atomic mass is 10.2. The molecule has 0 saturated heterocycles. The number of non-ortho nitro benzene ring substituents is 1. The Kier molecular flexibility index (Phi) is 8.15. The van der Waals surface area contributed by atoms with Crippen molar-refractivity contribution in [3.8, 4) is 11.5 Å². The third kappa shape index (κ3) is 5.98. The molecule has 27 heavy (non-hydrogen) atoms. The summed E-state index contributed by atoms with van der Waals surface area (Å²) < 4.78 is 11.8. The minimum atomic E-state index is -0.472. The summed E-state index contributed by atoms with van der Waals surface area (Å²) in [5.41, 5.74) is 1.68. The third-order valence-corrected chi connectivity index (χ3v) is 4.59. The number of hydrogen-bond donors (Lipinski definition) is 2. The van der Waals surface area contributed by atoms with Crippen LogP contribution in [-0.2, 0) is 6.54 Å². The van der Waals surface area contributed by atoms with Crippen molar-refractivity contribution in [2.45, 2.75) is 13.5 Å². The Morgan fingerprint density at radius 1 is 1.26 bits per heavy atom. The number of ether oxygens (including phenoxy) is 2. The molecule has 0 spiro atoms. The van der Waals surface area contributed by atoms with Gasteiger partial charge in [0.25, 0.3) is 5.69 Å². The van der Waals surface area contributed by atoms with Crippen LogP contribution in [0.15, 0.2) is 34.8 Å². The summed E-state index contributed by atoms with van der Waals surface area (Å²) in [5, 5.41) is 17.5. The van der Waals surface area contributed by atoms with Gasteiger partial charge in [0.1, 0.15) is 0 Å². The number of nitrogens with one attached hydrogen (secondary N) is 2. The van der Waals surface area contributed by atoms with E-state index in [9.17, 15) is 10.1 Å². The summed E-state index contributed by atoms with van der Waals surface area (Å²) in [6.07, 6.45) is 0. The zero-order chi connectivity index (χ0) is 19.8. The molecule has 0 fully saturated rings. The van der Waals surface area contributed by atoms with Crippen molar-refractivity contribution in [3.05, 3.63) is 55.5 Å². The Hall–Kier alpha value is -2.03. The fourth-order valence-corrected chi connectivity index (χ4v) is 3.28. The second-order valence-corrected chi connectivity index (χ2v) is 6.83. The van der Waals surface area contributed by atoms with Crippen LogP contribution in [-0.4, -0.2) is 31.7 Å². The topological polar surface area (TPSA) is 85.7 Å². The maximum Gasteiger partial charge on any atom is 0.271 e. The second kappa shape index (κ2) is 10.3. The van der Waals surface area contributed by atoms with Crippen molar-refractivity contribution in [3.63, 3.8) is 0 Å². The first-order valence-corrected chi connectivity index (χ1v) is 9.51. The Morgan fingerprint density at radius 3 is 2.67 bits per heavy atom. The van der Waals surface area contributed by atoms with Crippen molar-refractivity contribution in [2.75, 3.05) is 32.1 Å². The molecule has 2 N–H and O–H groups in total. The zero-order valence-corrected chi connectivity index (χ0v) is 17.4. The molecule has 2 rings (SSSR count). The van der Waals surface area contributed by atoms with Crippen LogP contribution in [0.5, 0.6) is 11.5 Å². The molecule has 7 nitrogen and oxygen atoms in total. The molecule has 0 atom stereocenters. The molecule has 0 aliphatic carbocycles. The molecule has 0 unspecified atom stereocenters. The number of halogens is 2. The Balaban J connectivity index is 1.85. The molecule has 0 radical (unpaired) electrons. The number of nitrogens with zero attached hydrogens (tertiary/aromatic N) is 1. The highest BCUT2D eigenvalue weighted by Crippen LogP contribution is 2.36. The second-order valence-electron chi connectivity index (χ2n) is 5.57. The molecule has 0 amide bonds. The molecule has 0 aromatic heterocycles. The summed E-state index contributed by atoms with van der Waals surface area (Å²) in [5.74, 6) is 1.37. The zero-order valence-electron chi connectivity index (χ0n) is 15.1. The van der Waals surface area contributed by atoms with E-state index in [1.807, 2.05) is 19.1 Å². The van der Waals surface area contributed by atoms with Gasteiger partial charge in [-0.15, -0.1) is 0 Å². The molecule has 146 valence electrons. The van der Waals surface area contributed by atoms with Crippen LogP contribution in [0.25, 0.3) is 0 Å². The number of rotatable bonds is 10. The highest BCUT2D eigenvalue weighted by molar-refractivity contribution is 9.10. The number of nitro benzene ring substituents is 1. The number of nitro groups is 1. The average molecular weight is 459 g/mol. The van der Waals surface area contributed by atoms with E-state index < -0.39 is 4.92 Å². The average Bonchev–Trinajstić information content (AvgIpc) is 2.64.